The van der Waals surface area contributed by atoms with Crippen molar-refractivity contribution in [2.75, 3.05) is 0 Å². The number of aryl methyl sites for hydroxylation is 1. The Morgan fingerprint density at radius 3 is 2.65 bits per heavy atom. The molecular weight excluding hydrogens is 298 g/mol. The molecule has 2 heterocycles. The maximum Gasteiger partial charge on any atom is 0.269 e. The van der Waals surface area contributed by atoms with Gasteiger partial charge in [-0.2, -0.15) is 0 Å². The molecule has 1 aromatic carbocycles. The topological polar surface area (TPSA) is 86.7 Å². The lowest BCUT2D eigenvalue weighted by Crippen LogP contribution is -2.16. The van der Waals surface area contributed by atoms with Crippen LogP contribution in [0.4, 0.5) is 5.69 Å². The quantitative estimate of drug-likeness (QED) is 0.545. The van der Waals surface area contributed by atoms with Crippen LogP contribution < -0.4 is 10.3 Å². The van der Waals surface area contributed by atoms with E-state index in [4.69, 9.17) is 4.74 Å². The van der Waals surface area contributed by atoms with Crippen LogP contribution in [-0.4, -0.2) is 14.3 Å². The van der Waals surface area contributed by atoms with E-state index in [1.165, 1.54) is 34.7 Å². The van der Waals surface area contributed by atoms with Crippen LogP contribution in [0.3, 0.4) is 0 Å². The number of benzene rings is 1. The van der Waals surface area contributed by atoms with Gasteiger partial charge >= 0.3 is 0 Å². The monoisotopic (exact) mass is 311 g/mol. The van der Waals surface area contributed by atoms with Gasteiger partial charge in [0.15, 0.2) is 0 Å². The Balaban J connectivity index is 1.80. The van der Waals surface area contributed by atoms with Crippen molar-refractivity contribution in [1.82, 2.24) is 9.38 Å². The number of fused-ring (bicyclic) bond motifs is 1. The van der Waals surface area contributed by atoms with E-state index in [9.17, 15) is 14.9 Å². The van der Waals surface area contributed by atoms with Gasteiger partial charge in [0.1, 0.15) is 18.0 Å². The van der Waals surface area contributed by atoms with Gasteiger partial charge in [0.25, 0.3) is 11.2 Å². The zero-order valence-electron chi connectivity index (χ0n) is 12.3. The average molecular weight is 311 g/mol. The zero-order chi connectivity index (χ0) is 16.4. The first-order valence-corrected chi connectivity index (χ1v) is 6.89. The fourth-order valence-electron chi connectivity index (χ4n) is 2.15. The number of nitro groups is 1. The minimum Gasteiger partial charge on any atom is -0.487 e. The number of ether oxygens (including phenoxy) is 1. The van der Waals surface area contributed by atoms with Crippen LogP contribution in [0.15, 0.2) is 53.5 Å². The minimum atomic E-state index is -0.475. The highest BCUT2D eigenvalue weighted by molar-refractivity contribution is 5.40. The highest BCUT2D eigenvalue weighted by Crippen LogP contribution is 2.18. The Morgan fingerprint density at radius 2 is 1.96 bits per heavy atom. The van der Waals surface area contributed by atoms with Gasteiger partial charge in [-0.25, -0.2) is 4.98 Å². The van der Waals surface area contributed by atoms with Crippen molar-refractivity contribution in [2.24, 2.45) is 0 Å². The number of pyridine rings is 1. The third-order valence-electron chi connectivity index (χ3n) is 3.29. The summed E-state index contributed by atoms with van der Waals surface area (Å²) in [5, 5.41) is 10.6. The van der Waals surface area contributed by atoms with Crippen LogP contribution >= 0.6 is 0 Å². The Kier molecular flexibility index (Phi) is 3.76. The lowest BCUT2D eigenvalue weighted by Gasteiger charge is -2.07. The molecular formula is C16H13N3O4. The second kappa shape index (κ2) is 5.88. The van der Waals surface area contributed by atoms with Crippen molar-refractivity contribution < 1.29 is 9.66 Å². The molecule has 0 radical (unpaired) electrons. The molecule has 0 unspecified atom stereocenters. The predicted molar refractivity (Wildman–Crippen MR) is 83.6 cm³/mol. The molecule has 0 spiro atoms. The van der Waals surface area contributed by atoms with E-state index in [2.05, 4.69) is 4.98 Å². The summed E-state index contributed by atoms with van der Waals surface area (Å²) >= 11 is 0. The number of nitrogens with zero attached hydrogens (tertiary/aromatic N) is 3. The first kappa shape index (κ1) is 14.7. The van der Waals surface area contributed by atoms with Gasteiger partial charge in [-0.1, -0.05) is 6.07 Å². The number of rotatable bonds is 4. The fraction of sp³-hybridized carbons (Fsp3) is 0.125. The van der Waals surface area contributed by atoms with E-state index in [0.717, 1.165) is 5.56 Å². The summed E-state index contributed by atoms with van der Waals surface area (Å²) in [6, 6.07) is 10.8. The van der Waals surface area contributed by atoms with Gasteiger partial charge in [0.2, 0.25) is 0 Å². The molecule has 0 N–H and O–H groups in total. The van der Waals surface area contributed by atoms with Gasteiger partial charge in [-0.3, -0.25) is 19.3 Å². The van der Waals surface area contributed by atoms with E-state index in [1.54, 1.807) is 12.3 Å². The normalized spacial score (nSPS) is 10.7. The van der Waals surface area contributed by atoms with Crippen molar-refractivity contribution >= 4 is 11.3 Å². The van der Waals surface area contributed by atoms with Gasteiger partial charge in [-0.15, -0.1) is 0 Å². The Labute approximate surface area is 130 Å². The summed E-state index contributed by atoms with van der Waals surface area (Å²) in [5.41, 5.74) is 1.83. The molecule has 0 fully saturated rings. The lowest BCUT2D eigenvalue weighted by molar-refractivity contribution is -0.384. The van der Waals surface area contributed by atoms with Gasteiger partial charge in [0, 0.05) is 24.4 Å². The van der Waals surface area contributed by atoms with Crippen molar-refractivity contribution in [1.29, 1.82) is 0 Å². The molecule has 3 aromatic rings. The molecule has 7 nitrogen and oxygen atoms in total. The molecule has 2 aromatic heterocycles. The Hall–Kier alpha value is -3.22. The maximum absolute atomic E-state index is 12.1. The van der Waals surface area contributed by atoms with Gasteiger partial charge in [-0.05, 0) is 30.7 Å². The maximum atomic E-state index is 12.1. The molecule has 0 aliphatic rings. The second-order valence-electron chi connectivity index (χ2n) is 5.06. The molecule has 0 saturated heterocycles. The molecule has 0 saturated carbocycles. The van der Waals surface area contributed by atoms with Crippen LogP contribution in [-0.2, 0) is 6.61 Å². The van der Waals surface area contributed by atoms with Crippen LogP contribution in [0, 0.1) is 17.0 Å². The Bertz CT molecular complexity index is 932. The third-order valence-corrected chi connectivity index (χ3v) is 3.29. The molecule has 0 bridgehead atoms. The van der Waals surface area contributed by atoms with Crippen LogP contribution in [0.5, 0.6) is 5.75 Å². The largest absolute Gasteiger partial charge is 0.487 e. The third kappa shape index (κ3) is 3.18. The first-order valence-electron chi connectivity index (χ1n) is 6.89. The second-order valence-corrected chi connectivity index (χ2v) is 5.06. The molecule has 0 atom stereocenters. The SMILES string of the molecule is Cc1ccc2nc(COc3ccc([N+](=O)[O-])cc3)cc(=O)n2c1. The van der Waals surface area contributed by atoms with E-state index < -0.39 is 4.92 Å². The Morgan fingerprint density at radius 1 is 1.22 bits per heavy atom. The smallest absolute Gasteiger partial charge is 0.269 e. The number of non-ortho nitro benzene ring substituents is 1. The molecule has 7 heteroatoms. The van der Waals surface area contributed by atoms with Crippen molar-refractivity contribution in [3.8, 4) is 5.75 Å². The summed E-state index contributed by atoms with van der Waals surface area (Å²) < 4.78 is 7.00. The van der Waals surface area contributed by atoms with Crippen molar-refractivity contribution in [3.63, 3.8) is 0 Å². The molecule has 3 rings (SSSR count). The highest BCUT2D eigenvalue weighted by atomic mass is 16.6. The summed E-state index contributed by atoms with van der Waals surface area (Å²) in [7, 11) is 0. The summed E-state index contributed by atoms with van der Waals surface area (Å²) in [6.07, 6.45) is 1.73. The number of hydrogen-bond donors (Lipinski definition) is 0. The van der Waals surface area contributed by atoms with Crippen LogP contribution in [0.1, 0.15) is 11.3 Å². The first-order chi connectivity index (χ1) is 11.0. The number of aromatic nitrogens is 2. The molecule has 0 amide bonds. The number of nitro benzene ring substituents is 1. The zero-order valence-corrected chi connectivity index (χ0v) is 12.3. The summed E-state index contributed by atoms with van der Waals surface area (Å²) in [4.78, 5) is 26.6. The van der Waals surface area contributed by atoms with E-state index >= 15 is 0 Å². The molecule has 23 heavy (non-hydrogen) atoms. The molecule has 0 aliphatic carbocycles. The fourth-order valence-corrected chi connectivity index (χ4v) is 2.15. The van der Waals surface area contributed by atoms with Crippen molar-refractivity contribution in [2.45, 2.75) is 13.5 Å². The lowest BCUT2D eigenvalue weighted by atomic mass is 10.3. The summed E-state index contributed by atoms with van der Waals surface area (Å²) in [5.74, 6) is 0.474. The van der Waals surface area contributed by atoms with Gasteiger partial charge < -0.3 is 4.74 Å². The van der Waals surface area contributed by atoms with Gasteiger partial charge in [0.05, 0.1) is 10.6 Å². The molecule has 116 valence electrons. The van der Waals surface area contributed by atoms with Crippen LogP contribution in [0.2, 0.25) is 0 Å². The van der Waals surface area contributed by atoms with E-state index in [0.29, 0.717) is 17.1 Å². The van der Waals surface area contributed by atoms with Crippen molar-refractivity contribution in [3.05, 3.63) is 80.4 Å². The molecule has 0 aliphatic heterocycles. The number of hydrogen-bond acceptors (Lipinski definition) is 5. The highest BCUT2D eigenvalue weighted by Gasteiger charge is 2.06. The predicted octanol–water partition coefficient (Wildman–Crippen LogP) is 2.49. The van der Waals surface area contributed by atoms with E-state index in [-0.39, 0.29) is 17.9 Å². The minimum absolute atomic E-state index is 0.00482. The van der Waals surface area contributed by atoms with E-state index in [1.807, 2.05) is 13.0 Å². The average Bonchev–Trinajstić information content (AvgIpc) is 2.54. The standard InChI is InChI=1S/C16H13N3O4/c1-11-2-7-15-17-12(8-16(20)18(15)9-11)10-23-14-5-3-13(4-6-14)19(21)22/h2-9H,10H2,1H3. The van der Waals surface area contributed by atoms with Crippen LogP contribution in [0.25, 0.3) is 5.65 Å². The summed E-state index contributed by atoms with van der Waals surface area (Å²) in [6.45, 7) is 2.01.